The number of anilines is 1. The van der Waals surface area contributed by atoms with Crippen LogP contribution in [0.4, 0.5) is 5.69 Å². The molecule has 0 radical (unpaired) electrons. The van der Waals surface area contributed by atoms with Crippen molar-refractivity contribution in [1.82, 2.24) is 4.90 Å². The first-order chi connectivity index (χ1) is 17.3. The summed E-state index contributed by atoms with van der Waals surface area (Å²) in [4.78, 5) is 45.1. The van der Waals surface area contributed by atoms with Crippen molar-refractivity contribution in [2.75, 3.05) is 31.2 Å². The summed E-state index contributed by atoms with van der Waals surface area (Å²) >= 11 is 0. The van der Waals surface area contributed by atoms with Crippen molar-refractivity contribution in [2.24, 2.45) is 11.8 Å². The zero-order valence-electron chi connectivity index (χ0n) is 21.1. The molecule has 1 aromatic carbocycles. The van der Waals surface area contributed by atoms with Crippen molar-refractivity contribution >= 4 is 23.5 Å². The zero-order chi connectivity index (χ0) is 25.7. The molecule has 1 N–H and O–H groups in total. The highest BCUT2D eigenvalue weighted by Gasteiger charge is 2.75. The van der Waals surface area contributed by atoms with Gasteiger partial charge in [-0.05, 0) is 44.2 Å². The summed E-state index contributed by atoms with van der Waals surface area (Å²) in [5.41, 5.74) is 0.374. The normalized spacial score (nSPS) is 33.6. The predicted molar refractivity (Wildman–Crippen MR) is 133 cm³/mol. The quantitative estimate of drug-likeness (QED) is 0.499. The topological polar surface area (TPSA) is 96.4 Å². The Kier molecular flexibility index (Phi) is 6.29. The summed E-state index contributed by atoms with van der Waals surface area (Å²) in [6.07, 6.45) is 8.91. The van der Waals surface area contributed by atoms with Gasteiger partial charge >= 0.3 is 5.97 Å². The number of rotatable bonds is 5. The third-order valence-corrected chi connectivity index (χ3v) is 8.17. The number of amides is 2. The maximum absolute atomic E-state index is 14.4. The third-order valence-electron chi connectivity index (χ3n) is 8.17. The second-order valence-electron chi connectivity index (χ2n) is 10.2. The lowest BCUT2D eigenvalue weighted by Gasteiger charge is -2.39. The van der Waals surface area contributed by atoms with Gasteiger partial charge in [-0.2, -0.15) is 0 Å². The number of aliphatic hydroxyl groups excluding tert-OH is 1. The van der Waals surface area contributed by atoms with Crippen molar-refractivity contribution in [3.8, 4) is 0 Å². The number of para-hydroxylation sites is 1. The largest absolute Gasteiger partial charge is 0.465 e. The molecule has 4 heterocycles. The summed E-state index contributed by atoms with van der Waals surface area (Å²) in [6, 6.07) is 4.92. The number of ether oxygens (including phenoxy) is 2. The number of aryl methyl sites for hydroxylation is 2. The van der Waals surface area contributed by atoms with E-state index in [1.165, 1.54) is 4.90 Å². The highest BCUT2D eigenvalue weighted by atomic mass is 16.6. The minimum absolute atomic E-state index is 0.118. The lowest BCUT2D eigenvalue weighted by atomic mass is 9.73. The fourth-order valence-electron chi connectivity index (χ4n) is 6.64. The van der Waals surface area contributed by atoms with Crippen LogP contribution in [0.1, 0.15) is 37.3 Å². The van der Waals surface area contributed by atoms with Gasteiger partial charge < -0.3 is 24.4 Å². The van der Waals surface area contributed by atoms with Crippen LogP contribution >= 0.6 is 0 Å². The molecular formula is C28H34N2O6. The van der Waals surface area contributed by atoms with Crippen LogP contribution in [0.15, 0.2) is 42.5 Å². The zero-order valence-corrected chi connectivity index (χ0v) is 21.1. The van der Waals surface area contributed by atoms with E-state index in [0.717, 1.165) is 16.8 Å². The second-order valence-corrected chi connectivity index (χ2v) is 10.2. The molecule has 0 aromatic heterocycles. The van der Waals surface area contributed by atoms with Crippen molar-refractivity contribution < 1.29 is 29.0 Å². The molecule has 1 spiro atoms. The first-order valence-electron chi connectivity index (χ1n) is 12.8. The van der Waals surface area contributed by atoms with Gasteiger partial charge in [0.1, 0.15) is 23.2 Å². The number of likely N-dealkylation sites (tertiary alicyclic amines) is 1. The van der Waals surface area contributed by atoms with Gasteiger partial charge in [0.25, 0.3) is 5.91 Å². The van der Waals surface area contributed by atoms with E-state index < -0.39 is 35.0 Å². The summed E-state index contributed by atoms with van der Waals surface area (Å²) in [6.45, 7) is 6.50. The molecule has 5 atom stereocenters. The molecule has 8 nitrogen and oxygen atoms in total. The van der Waals surface area contributed by atoms with E-state index in [-0.39, 0.29) is 31.6 Å². The number of carbonyl (C=O) groups is 3. The number of cyclic esters (lactones) is 1. The van der Waals surface area contributed by atoms with Crippen molar-refractivity contribution in [1.29, 1.82) is 0 Å². The Morgan fingerprint density at radius 3 is 2.50 bits per heavy atom. The number of nitrogens with zero attached hydrogens (tertiary/aromatic N) is 2. The highest BCUT2D eigenvalue weighted by Crippen LogP contribution is 2.58. The Morgan fingerprint density at radius 1 is 1.06 bits per heavy atom. The standard InChI is InChI=1S/C28H34N2O6/c1-4-27-12-5-6-17-35-26(34)21(27)20-24(32)30(15-9-16-31)23-25(33)29(14-8-13-28(20,23)36-27)22-18(2)10-7-11-19(22)3/h5,7-8,10-13,20-21,23,31H,4,6,9,14-17H2,1-3H3/t20-,21-,23?,27+,28-/m0/s1. The first kappa shape index (κ1) is 24.7. The van der Waals surface area contributed by atoms with Gasteiger partial charge in [0.15, 0.2) is 0 Å². The lowest BCUT2D eigenvalue weighted by molar-refractivity contribution is -0.160. The van der Waals surface area contributed by atoms with E-state index in [1.54, 1.807) is 4.90 Å². The number of fused-ring (bicyclic) bond motifs is 2. The van der Waals surface area contributed by atoms with Crippen LogP contribution in [-0.4, -0.2) is 71.3 Å². The van der Waals surface area contributed by atoms with Gasteiger partial charge in [0.05, 0.1) is 12.5 Å². The van der Waals surface area contributed by atoms with Crippen LogP contribution in [0.25, 0.3) is 0 Å². The molecule has 1 aromatic rings. The Labute approximate surface area is 211 Å². The molecule has 8 heteroatoms. The highest BCUT2D eigenvalue weighted by molar-refractivity contribution is 6.06. The molecule has 0 aliphatic carbocycles. The molecule has 2 fully saturated rings. The number of hydrogen-bond donors (Lipinski definition) is 1. The van der Waals surface area contributed by atoms with Crippen molar-refractivity contribution in [3.63, 3.8) is 0 Å². The van der Waals surface area contributed by atoms with E-state index in [4.69, 9.17) is 9.47 Å². The van der Waals surface area contributed by atoms with E-state index in [2.05, 4.69) is 0 Å². The summed E-state index contributed by atoms with van der Waals surface area (Å²) in [5.74, 6) is -2.77. The third kappa shape index (κ3) is 3.45. The van der Waals surface area contributed by atoms with Crippen LogP contribution in [-0.2, 0) is 23.9 Å². The van der Waals surface area contributed by atoms with Gasteiger partial charge in [-0.15, -0.1) is 0 Å². The Hall–Kier alpha value is -2.97. The molecule has 0 bridgehead atoms. The Bertz CT molecular complexity index is 1120. The van der Waals surface area contributed by atoms with Crippen LogP contribution in [0.2, 0.25) is 0 Å². The van der Waals surface area contributed by atoms with Crippen LogP contribution < -0.4 is 4.90 Å². The minimum Gasteiger partial charge on any atom is -0.465 e. The van der Waals surface area contributed by atoms with E-state index >= 15 is 0 Å². The molecular weight excluding hydrogens is 460 g/mol. The number of benzene rings is 1. The van der Waals surface area contributed by atoms with Gasteiger partial charge in [-0.1, -0.05) is 49.4 Å². The monoisotopic (exact) mass is 494 g/mol. The summed E-state index contributed by atoms with van der Waals surface area (Å²) in [7, 11) is 0. The average Bonchev–Trinajstić information content (AvgIpc) is 3.19. The molecule has 0 saturated carbocycles. The molecule has 4 aliphatic heterocycles. The van der Waals surface area contributed by atoms with Gasteiger partial charge in [0, 0.05) is 25.4 Å². The Morgan fingerprint density at radius 2 is 1.81 bits per heavy atom. The van der Waals surface area contributed by atoms with Crippen LogP contribution in [0, 0.1) is 25.7 Å². The maximum atomic E-state index is 14.4. The van der Waals surface area contributed by atoms with E-state index in [0.29, 0.717) is 25.8 Å². The Balaban J connectivity index is 1.68. The molecule has 2 amide bonds. The maximum Gasteiger partial charge on any atom is 0.313 e. The minimum atomic E-state index is -1.32. The molecule has 5 rings (SSSR count). The fraction of sp³-hybridized carbons (Fsp3) is 0.536. The van der Waals surface area contributed by atoms with E-state index in [1.807, 2.05) is 63.3 Å². The fourth-order valence-corrected chi connectivity index (χ4v) is 6.64. The lowest BCUT2D eigenvalue weighted by Crippen LogP contribution is -2.56. The number of esters is 1. The number of carbonyl (C=O) groups excluding carboxylic acids is 3. The molecule has 192 valence electrons. The number of hydrogen-bond acceptors (Lipinski definition) is 6. The van der Waals surface area contributed by atoms with E-state index in [9.17, 15) is 19.5 Å². The first-order valence-corrected chi connectivity index (χ1v) is 12.8. The summed E-state index contributed by atoms with van der Waals surface area (Å²) in [5, 5.41) is 9.55. The molecule has 2 saturated heterocycles. The second kappa shape index (κ2) is 9.16. The summed E-state index contributed by atoms with van der Waals surface area (Å²) < 4.78 is 12.4. The predicted octanol–water partition coefficient (Wildman–Crippen LogP) is 2.45. The van der Waals surface area contributed by atoms with Crippen LogP contribution in [0.3, 0.4) is 0 Å². The molecule has 1 unspecified atom stereocenters. The number of aliphatic hydroxyl groups is 1. The van der Waals surface area contributed by atoms with Gasteiger partial charge in [-0.3, -0.25) is 14.4 Å². The molecule has 4 aliphatic rings. The van der Waals surface area contributed by atoms with Gasteiger partial charge in [-0.25, -0.2) is 0 Å². The van der Waals surface area contributed by atoms with Gasteiger partial charge in [0.2, 0.25) is 5.91 Å². The SMILES string of the molecule is CC[C@@]12C=CCCOC(=O)[C@@H]1[C@H]1C(=O)N(CCCO)C3C(=O)N(c4c(C)cccc4C)CC=C[C@@]31O2. The smallest absolute Gasteiger partial charge is 0.313 e. The average molecular weight is 495 g/mol. The van der Waals surface area contributed by atoms with Crippen LogP contribution in [0.5, 0.6) is 0 Å². The van der Waals surface area contributed by atoms with Crippen molar-refractivity contribution in [2.45, 2.75) is 57.3 Å². The molecule has 36 heavy (non-hydrogen) atoms. The van der Waals surface area contributed by atoms with Crippen molar-refractivity contribution in [3.05, 3.63) is 53.6 Å².